The van der Waals surface area contributed by atoms with Crippen LogP contribution >= 0.6 is 11.8 Å². The highest BCUT2D eigenvalue weighted by Crippen LogP contribution is 2.18. The summed E-state index contributed by atoms with van der Waals surface area (Å²) in [5.41, 5.74) is 1.02. The largest absolute Gasteiger partial charge is 0.494 e. The lowest BCUT2D eigenvalue weighted by atomic mass is 10.2. The molecular formula is C17H28N4O2S. The molecule has 0 saturated carbocycles. The lowest BCUT2D eigenvalue weighted by Crippen LogP contribution is -2.43. The summed E-state index contributed by atoms with van der Waals surface area (Å²) >= 11 is 1.76. The van der Waals surface area contributed by atoms with Gasteiger partial charge in [0.25, 0.3) is 0 Å². The van der Waals surface area contributed by atoms with Gasteiger partial charge in [-0.05, 0) is 19.2 Å². The van der Waals surface area contributed by atoms with Crippen LogP contribution < -0.4 is 15.4 Å². The van der Waals surface area contributed by atoms with Crippen LogP contribution in [0.5, 0.6) is 5.75 Å². The first-order chi connectivity index (χ1) is 11.6. The summed E-state index contributed by atoms with van der Waals surface area (Å²) in [6, 6.07) is 7.86. The average molecular weight is 353 g/mol. The van der Waals surface area contributed by atoms with Crippen molar-refractivity contribution in [3.05, 3.63) is 29.8 Å². The van der Waals surface area contributed by atoms with Crippen LogP contribution in [0.2, 0.25) is 0 Å². The van der Waals surface area contributed by atoms with E-state index in [1.54, 1.807) is 30.8 Å². The van der Waals surface area contributed by atoms with Crippen molar-refractivity contribution in [3.63, 3.8) is 0 Å². The van der Waals surface area contributed by atoms with Gasteiger partial charge in [0.1, 0.15) is 5.75 Å². The van der Waals surface area contributed by atoms with Crippen LogP contribution in [0.15, 0.2) is 29.3 Å². The Hall–Kier alpha value is -1.89. The standard InChI is InChI=1S/C17H28N4O2S/c1-5-23-15-9-7-6-8-14(15)12-19-17(18-10-11-24-4)20-13-16(22)21(2)3/h6-9H,5,10-13H2,1-4H3,(H2,18,19,20). The molecule has 134 valence electrons. The van der Waals surface area contributed by atoms with E-state index in [2.05, 4.69) is 21.9 Å². The van der Waals surface area contributed by atoms with Gasteiger partial charge in [0.15, 0.2) is 5.96 Å². The Kier molecular flexibility index (Phi) is 9.76. The second-order valence-electron chi connectivity index (χ2n) is 5.27. The monoisotopic (exact) mass is 352 g/mol. The molecule has 0 atom stereocenters. The van der Waals surface area contributed by atoms with Gasteiger partial charge in [-0.1, -0.05) is 18.2 Å². The number of thioether (sulfide) groups is 1. The Morgan fingerprint density at radius 3 is 2.71 bits per heavy atom. The van der Waals surface area contributed by atoms with E-state index in [-0.39, 0.29) is 12.5 Å². The van der Waals surface area contributed by atoms with Gasteiger partial charge in [-0.15, -0.1) is 0 Å². The van der Waals surface area contributed by atoms with Gasteiger partial charge in [-0.2, -0.15) is 11.8 Å². The smallest absolute Gasteiger partial charge is 0.241 e. The van der Waals surface area contributed by atoms with E-state index < -0.39 is 0 Å². The molecule has 24 heavy (non-hydrogen) atoms. The molecule has 1 rings (SSSR count). The zero-order valence-electron chi connectivity index (χ0n) is 15.0. The molecule has 0 bridgehead atoms. The number of nitrogens with one attached hydrogen (secondary N) is 2. The maximum absolute atomic E-state index is 11.7. The number of nitrogens with zero attached hydrogens (tertiary/aromatic N) is 2. The number of carbonyl (C=O) groups excluding carboxylic acids is 1. The normalized spacial score (nSPS) is 11.1. The lowest BCUT2D eigenvalue weighted by molar-refractivity contribution is -0.127. The fraction of sp³-hybridized carbons (Fsp3) is 0.529. The van der Waals surface area contributed by atoms with Crippen molar-refractivity contribution in [1.82, 2.24) is 15.5 Å². The Morgan fingerprint density at radius 2 is 2.04 bits per heavy atom. The maximum Gasteiger partial charge on any atom is 0.241 e. The van der Waals surface area contributed by atoms with Gasteiger partial charge in [0.2, 0.25) is 5.91 Å². The fourth-order valence-electron chi connectivity index (χ4n) is 1.86. The van der Waals surface area contributed by atoms with Crippen LogP contribution in [0.25, 0.3) is 0 Å². The summed E-state index contributed by atoms with van der Waals surface area (Å²) in [6.45, 7) is 4.07. The highest BCUT2D eigenvalue weighted by molar-refractivity contribution is 7.98. The highest BCUT2D eigenvalue weighted by atomic mass is 32.2. The summed E-state index contributed by atoms with van der Waals surface area (Å²) < 4.78 is 5.62. The molecule has 0 spiro atoms. The number of amides is 1. The van der Waals surface area contributed by atoms with Crippen molar-refractivity contribution >= 4 is 23.6 Å². The van der Waals surface area contributed by atoms with E-state index >= 15 is 0 Å². The van der Waals surface area contributed by atoms with Crippen molar-refractivity contribution in [2.75, 3.05) is 45.8 Å². The second kappa shape index (κ2) is 11.6. The molecule has 1 amide bonds. The number of ether oxygens (including phenoxy) is 1. The molecule has 7 heteroatoms. The van der Waals surface area contributed by atoms with E-state index in [1.165, 1.54) is 0 Å². The predicted octanol–water partition coefficient (Wildman–Crippen LogP) is 1.57. The van der Waals surface area contributed by atoms with Crippen molar-refractivity contribution in [2.45, 2.75) is 13.5 Å². The number of guanidine groups is 1. The van der Waals surface area contributed by atoms with Crippen LogP contribution in [-0.4, -0.2) is 62.6 Å². The number of hydrogen-bond donors (Lipinski definition) is 2. The molecule has 6 nitrogen and oxygen atoms in total. The van der Waals surface area contributed by atoms with E-state index in [4.69, 9.17) is 4.74 Å². The van der Waals surface area contributed by atoms with Gasteiger partial charge in [0, 0.05) is 32.0 Å². The van der Waals surface area contributed by atoms with Gasteiger partial charge in [-0.3, -0.25) is 4.79 Å². The number of aliphatic imine (C=N–C) groups is 1. The zero-order valence-corrected chi connectivity index (χ0v) is 15.8. The molecule has 0 radical (unpaired) electrons. The Morgan fingerprint density at radius 1 is 1.29 bits per heavy atom. The van der Waals surface area contributed by atoms with Crippen molar-refractivity contribution < 1.29 is 9.53 Å². The van der Waals surface area contributed by atoms with Crippen molar-refractivity contribution in [1.29, 1.82) is 0 Å². The molecular weight excluding hydrogens is 324 g/mol. The van der Waals surface area contributed by atoms with Crippen LogP contribution in [-0.2, 0) is 11.3 Å². The summed E-state index contributed by atoms with van der Waals surface area (Å²) in [4.78, 5) is 17.9. The third kappa shape index (κ3) is 7.59. The zero-order chi connectivity index (χ0) is 17.8. The third-order valence-corrected chi connectivity index (χ3v) is 3.80. The maximum atomic E-state index is 11.7. The van der Waals surface area contributed by atoms with Gasteiger partial charge in [0.05, 0.1) is 19.7 Å². The number of carbonyl (C=O) groups is 1. The minimum Gasteiger partial charge on any atom is -0.494 e. The average Bonchev–Trinajstić information content (AvgIpc) is 2.58. The highest BCUT2D eigenvalue weighted by Gasteiger charge is 2.07. The van der Waals surface area contributed by atoms with E-state index in [0.29, 0.717) is 19.1 Å². The summed E-state index contributed by atoms with van der Waals surface area (Å²) in [5, 5.41) is 6.32. The number of rotatable bonds is 9. The molecule has 2 N–H and O–H groups in total. The van der Waals surface area contributed by atoms with E-state index in [1.807, 2.05) is 31.2 Å². The first kappa shape index (κ1) is 20.2. The molecule has 0 fully saturated rings. The molecule has 0 aromatic heterocycles. The fourth-order valence-corrected chi connectivity index (χ4v) is 2.16. The Labute approximate surface area is 149 Å². The molecule has 0 saturated heterocycles. The predicted molar refractivity (Wildman–Crippen MR) is 102 cm³/mol. The molecule has 0 aliphatic carbocycles. The SMILES string of the molecule is CCOc1ccccc1CN=C(NCCSC)NCC(=O)N(C)C. The summed E-state index contributed by atoms with van der Waals surface area (Å²) in [5.74, 6) is 2.45. The Bertz CT molecular complexity index is 535. The molecule has 0 aliphatic heterocycles. The summed E-state index contributed by atoms with van der Waals surface area (Å²) in [7, 11) is 3.47. The van der Waals surface area contributed by atoms with E-state index in [0.717, 1.165) is 23.6 Å². The topological polar surface area (TPSA) is 66.0 Å². The molecule has 0 unspecified atom stereocenters. The van der Waals surface area contributed by atoms with Crippen molar-refractivity contribution in [2.24, 2.45) is 4.99 Å². The first-order valence-electron chi connectivity index (χ1n) is 8.00. The van der Waals surface area contributed by atoms with Gasteiger partial charge >= 0.3 is 0 Å². The third-order valence-electron chi connectivity index (χ3n) is 3.18. The van der Waals surface area contributed by atoms with Crippen LogP contribution in [0.4, 0.5) is 0 Å². The minimum atomic E-state index is 0.00378. The summed E-state index contributed by atoms with van der Waals surface area (Å²) in [6.07, 6.45) is 2.06. The van der Waals surface area contributed by atoms with Crippen LogP contribution in [0.1, 0.15) is 12.5 Å². The van der Waals surface area contributed by atoms with Crippen molar-refractivity contribution in [3.8, 4) is 5.75 Å². The number of hydrogen-bond acceptors (Lipinski definition) is 4. The van der Waals surface area contributed by atoms with E-state index in [9.17, 15) is 4.79 Å². The van der Waals surface area contributed by atoms with Gasteiger partial charge < -0.3 is 20.3 Å². The van der Waals surface area contributed by atoms with Crippen LogP contribution in [0, 0.1) is 0 Å². The molecule has 0 aliphatic rings. The molecule has 1 aromatic rings. The number of likely N-dealkylation sites (N-methyl/N-ethyl adjacent to an activating group) is 1. The molecule has 0 heterocycles. The first-order valence-corrected chi connectivity index (χ1v) is 9.39. The lowest BCUT2D eigenvalue weighted by Gasteiger charge is -2.15. The van der Waals surface area contributed by atoms with Gasteiger partial charge in [-0.25, -0.2) is 4.99 Å². The van der Waals surface area contributed by atoms with Crippen LogP contribution in [0.3, 0.4) is 0 Å². The Balaban J connectivity index is 2.73. The number of para-hydroxylation sites is 1. The molecule has 1 aromatic carbocycles. The second-order valence-corrected chi connectivity index (χ2v) is 6.25. The quantitative estimate of drug-likeness (QED) is 0.401. The number of benzene rings is 1. The minimum absolute atomic E-state index is 0.00378.